The number of hydrogen-bond donors (Lipinski definition) is 3. The first-order chi connectivity index (χ1) is 13.6. The zero-order valence-corrected chi connectivity index (χ0v) is 17.3. The van der Waals surface area contributed by atoms with E-state index in [1.165, 1.54) is 31.2 Å². The fraction of sp³-hybridized carbons (Fsp3) is 0.600. The summed E-state index contributed by atoms with van der Waals surface area (Å²) in [6, 6.07) is 8.29. The topological polar surface area (TPSA) is 66.5 Å². The van der Waals surface area contributed by atoms with Crippen molar-refractivity contribution in [2.24, 2.45) is 23.5 Å². The van der Waals surface area contributed by atoms with E-state index in [9.17, 15) is 10.2 Å². The van der Waals surface area contributed by atoms with Crippen LogP contribution in [-0.2, 0) is 6.42 Å². The average Bonchev–Trinajstić information content (AvgIpc) is 3.16. The molecule has 3 nitrogen and oxygen atoms in total. The number of benzene rings is 1. The van der Waals surface area contributed by atoms with Crippen LogP contribution < -0.4 is 5.73 Å². The second-order valence-electron chi connectivity index (χ2n) is 8.84. The highest BCUT2D eigenvalue weighted by Crippen LogP contribution is 2.48. The van der Waals surface area contributed by atoms with E-state index in [1.807, 2.05) is 12.1 Å². The van der Waals surface area contributed by atoms with Crippen molar-refractivity contribution in [1.82, 2.24) is 0 Å². The molecule has 0 aromatic heterocycles. The maximum absolute atomic E-state index is 10.5. The molecule has 28 heavy (non-hydrogen) atoms. The average molecular weight is 384 g/mol. The summed E-state index contributed by atoms with van der Waals surface area (Å²) in [6.07, 6.45) is 14.3. The lowest BCUT2D eigenvalue weighted by molar-refractivity contribution is 0.140. The smallest absolute Gasteiger partial charge is 0.0761 e. The van der Waals surface area contributed by atoms with Crippen LogP contribution in [0.1, 0.15) is 56.1 Å². The summed E-state index contributed by atoms with van der Waals surface area (Å²) in [7, 11) is 0. The molecule has 2 aliphatic rings. The molecule has 1 fully saturated rings. The van der Waals surface area contributed by atoms with Crippen molar-refractivity contribution >= 4 is 0 Å². The number of hydrogen-bond acceptors (Lipinski definition) is 3. The molecule has 3 heteroatoms. The number of allylic oxidation sites excluding steroid dienone is 2. The molecular weight excluding hydrogens is 346 g/mol. The lowest BCUT2D eigenvalue weighted by atomic mass is 9.88. The van der Waals surface area contributed by atoms with Gasteiger partial charge in [0.05, 0.1) is 12.2 Å². The maximum Gasteiger partial charge on any atom is 0.0761 e. The molecule has 0 saturated heterocycles. The Hall–Kier alpha value is -1.42. The van der Waals surface area contributed by atoms with Gasteiger partial charge < -0.3 is 15.9 Å². The third-order valence-electron chi connectivity index (χ3n) is 6.48. The van der Waals surface area contributed by atoms with Crippen LogP contribution in [-0.4, -0.2) is 29.0 Å². The minimum Gasteiger partial charge on any atom is -0.392 e. The fourth-order valence-corrected chi connectivity index (χ4v) is 5.05. The van der Waals surface area contributed by atoms with Crippen molar-refractivity contribution in [1.29, 1.82) is 0 Å². The number of aliphatic hydroxyl groups is 2. The summed E-state index contributed by atoms with van der Waals surface area (Å²) in [4.78, 5) is 0. The van der Waals surface area contributed by atoms with Crippen LogP contribution in [0, 0.1) is 24.7 Å². The van der Waals surface area contributed by atoms with Crippen LogP contribution in [0.4, 0.5) is 0 Å². The van der Waals surface area contributed by atoms with E-state index >= 15 is 0 Å². The molecule has 154 valence electrons. The number of rotatable bonds is 10. The van der Waals surface area contributed by atoms with Gasteiger partial charge in [0, 0.05) is 12.3 Å². The third-order valence-corrected chi connectivity index (χ3v) is 6.48. The predicted octanol–water partition coefficient (Wildman–Crippen LogP) is 4.31. The van der Waals surface area contributed by atoms with Gasteiger partial charge in [-0.2, -0.15) is 0 Å². The van der Waals surface area contributed by atoms with Crippen molar-refractivity contribution in [3.63, 3.8) is 0 Å². The van der Waals surface area contributed by atoms with Crippen molar-refractivity contribution in [2.75, 3.05) is 6.54 Å². The van der Waals surface area contributed by atoms with Gasteiger partial charge in [-0.15, -0.1) is 0 Å². The number of unbranched alkanes of at least 4 members (excludes halogenated alkanes) is 3. The summed E-state index contributed by atoms with van der Waals surface area (Å²) in [5.41, 5.74) is 9.51. The van der Waals surface area contributed by atoms with Crippen molar-refractivity contribution in [3.8, 4) is 0 Å². The summed E-state index contributed by atoms with van der Waals surface area (Å²) >= 11 is 0. The van der Waals surface area contributed by atoms with Gasteiger partial charge in [0.15, 0.2) is 0 Å². The quantitative estimate of drug-likeness (QED) is 0.417. The minimum atomic E-state index is -0.496. The molecule has 0 unspecified atom stereocenters. The second-order valence-corrected chi connectivity index (χ2v) is 8.84. The number of nitrogens with two attached hydrogens (primary N) is 1. The molecule has 0 amide bonds. The van der Waals surface area contributed by atoms with E-state index in [4.69, 9.17) is 5.73 Å². The van der Waals surface area contributed by atoms with Gasteiger partial charge in [-0.3, -0.25) is 0 Å². The van der Waals surface area contributed by atoms with Gasteiger partial charge in [0.25, 0.3) is 0 Å². The van der Waals surface area contributed by atoms with Gasteiger partial charge in [0.1, 0.15) is 0 Å². The molecule has 0 heterocycles. The van der Waals surface area contributed by atoms with Gasteiger partial charge >= 0.3 is 0 Å². The molecule has 1 saturated carbocycles. The van der Waals surface area contributed by atoms with E-state index in [1.54, 1.807) is 5.57 Å². The molecule has 4 N–H and O–H groups in total. The lowest BCUT2D eigenvalue weighted by Gasteiger charge is -2.19. The van der Waals surface area contributed by atoms with Gasteiger partial charge in [-0.05, 0) is 63.0 Å². The lowest BCUT2D eigenvalue weighted by Crippen LogP contribution is -2.18. The van der Waals surface area contributed by atoms with E-state index in [-0.39, 0.29) is 12.0 Å². The van der Waals surface area contributed by atoms with Gasteiger partial charge in [-0.1, -0.05) is 66.5 Å². The van der Waals surface area contributed by atoms with Crippen LogP contribution in [0.15, 0.2) is 48.1 Å². The molecule has 2 aliphatic carbocycles. The molecule has 5 atom stereocenters. The van der Waals surface area contributed by atoms with Crippen molar-refractivity contribution in [3.05, 3.63) is 59.2 Å². The van der Waals surface area contributed by atoms with Crippen LogP contribution in [0.5, 0.6) is 0 Å². The number of aliphatic hydroxyl groups excluding tert-OH is 2. The van der Waals surface area contributed by atoms with Crippen molar-refractivity contribution < 1.29 is 10.2 Å². The van der Waals surface area contributed by atoms with E-state index in [0.717, 1.165) is 31.4 Å². The molecule has 1 aromatic carbocycles. The zero-order chi connectivity index (χ0) is 19.9. The highest BCUT2D eigenvalue weighted by Gasteiger charge is 2.43. The first kappa shape index (κ1) is 21.3. The number of fused-ring (bicyclic) bond motifs is 1. The maximum atomic E-state index is 10.5. The highest BCUT2D eigenvalue weighted by molar-refractivity contribution is 5.24. The monoisotopic (exact) mass is 383 g/mol. The molecule has 0 bridgehead atoms. The molecule has 0 spiro atoms. The summed E-state index contributed by atoms with van der Waals surface area (Å²) in [6.45, 7) is 2.87. The number of aryl methyl sites for hydroxylation is 1. The third kappa shape index (κ3) is 5.79. The minimum absolute atomic E-state index is 0.170. The van der Waals surface area contributed by atoms with Crippen LogP contribution in [0.2, 0.25) is 0 Å². The Morgan fingerprint density at radius 1 is 1.21 bits per heavy atom. The normalized spacial score (nSPS) is 27.9. The van der Waals surface area contributed by atoms with Crippen LogP contribution in [0.25, 0.3) is 0 Å². The van der Waals surface area contributed by atoms with E-state index < -0.39 is 6.10 Å². The van der Waals surface area contributed by atoms with E-state index in [2.05, 4.69) is 37.3 Å². The molecule has 1 aromatic rings. The summed E-state index contributed by atoms with van der Waals surface area (Å²) < 4.78 is 0. The SMILES string of the molecule is Cc1cccc(C[C@H](O)C=C[C@@H]2[C@H]3CC(CCCCCCN)=C[C@H]3C[C@H]2O)c1. The van der Waals surface area contributed by atoms with Gasteiger partial charge in [0.2, 0.25) is 0 Å². The first-order valence-corrected chi connectivity index (χ1v) is 11.1. The molecule has 0 radical (unpaired) electrons. The van der Waals surface area contributed by atoms with Crippen molar-refractivity contribution in [2.45, 2.75) is 70.5 Å². The Balaban J connectivity index is 1.49. The molecule has 3 rings (SSSR count). The highest BCUT2D eigenvalue weighted by atomic mass is 16.3. The van der Waals surface area contributed by atoms with Gasteiger partial charge in [-0.25, -0.2) is 0 Å². The van der Waals surface area contributed by atoms with Crippen LogP contribution in [0.3, 0.4) is 0 Å². The fourth-order valence-electron chi connectivity index (χ4n) is 5.05. The summed E-state index contributed by atoms with van der Waals surface area (Å²) in [5, 5.41) is 20.9. The standard InChI is InChI=1S/C25H37NO2/c1-18-7-6-9-19(13-18)15-22(27)10-11-23-24-16-20(8-4-2-3-5-12-26)14-21(24)17-25(23)28/h6-7,9-11,13-14,21-25,27-28H,2-5,8,12,15-17,26H2,1H3/t21-,22+,23+,24-,25+/m0/s1. The first-order valence-electron chi connectivity index (χ1n) is 11.1. The zero-order valence-electron chi connectivity index (χ0n) is 17.3. The van der Waals surface area contributed by atoms with E-state index in [0.29, 0.717) is 18.3 Å². The Labute approximate surface area is 170 Å². The second kappa shape index (κ2) is 10.4. The Kier molecular flexibility index (Phi) is 7.90. The summed E-state index contributed by atoms with van der Waals surface area (Å²) in [5.74, 6) is 1.19. The molecular formula is C25H37NO2. The Morgan fingerprint density at radius 3 is 2.82 bits per heavy atom. The van der Waals surface area contributed by atoms with Crippen LogP contribution >= 0.6 is 0 Å². The predicted molar refractivity (Wildman–Crippen MR) is 116 cm³/mol. The Morgan fingerprint density at radius 2 is 2.04 bits per heavy atom. The molecule has 0 aliphatic heterocycles. The Bertz CT molecular complexity index is 681. The largest absolute Gasteiger partial charge is 0.392 e.